The quantitative estimate of drug-likeness (QED) is 0.722. The zero-order valence-electron chi connectivity index (χ0n) is 10.6. The van der Waals surface area contributed by atoms with Gasteiger partial charge in [0.2, 0.25) is 0 Å². The molecule has 1 aromatic heterocycles. The standard InChI is InChI=1S/C11H18N2O4S/c1-16-5-3-13(4-6-17-2)7-10-12-9(8-18-10)11(14)15/h8H,3-7H2,1-2H3,(H,14,15). The van der Waals surface area contributed by atoms with Crippen molar-refractivity contribution in [3.05, 3.63) is 16.1 Å². The second-order valence-electron chi connectivity index (χ2n) is 3.69. The van der Waals surface area contributed by atoms with Gasteiger partial charge >= 0.3 is 5.97 Å². The summed E-state index contributed by atoms with van der Waals surface area (Å²) in [6, 6.07) is 0. The van der Waals surface area contributed by atoms with Gasteiger partial charge in [-0.25, -0.2) is 9.78 Å². The number of thiazole rings is 1. The predicted octanol–water partition coefficient (Wildman–Crippen LogP) is 0.936. The molecule has 18 heavy (non-hydrogen) atoms. The highest BCUT2D eigenvalue weighted by atomic mass is 32.1. The van der Waals surface area contributed by atoms with Crippen molar-refractivity contribution in [3.63, 3.8) is 0 Å². The van der Waals surface area contributed by atoms with Gasteiger partial charge in [0.1, 0.15) is 5.01 Å². The Kier molecular flexibility index (Phi) is 6.81. The first kappa shape index (κ1) is 15.0. The molecule has 6 nitrogen and oxygen atoms in total. The summed E-state index contributed by atoms with van der Waals surface area (Å²) in [4.78, 5) is 16.9. The van der Waals surface area contributed by atoms with E-state index in [2.05, 4.69) is 9.88 Å². The van der Waals surface area contributed by atoms with E-state index in [4.69, 9.17) is 14.6 Å². The van der Waals surface area contributed by atoms with E-state index < -0.39 is 5.97 Å². The number of hydrogen-bond acceptors (Lipinski definition) is 6. The lowest BCUT2D eigenvalue weighted by atomic mass is 10.4. The first-order chi connectivity index (χ1) is 8.67. The smallest absolute Gasteiger partial charge is 0.355 e. The van der Waals surface area contributed by atoms with E-state index in [1.165, 1.54) is 11.3 Å². The van der Waals surface area contributed by atoms with Gasteiger partial charge < -0.3 is 14.6 Å². The number of aromatic nitrogens is 1. The molecule has 1 heterocycles. The summed E-state index contributed by atoms with van der Waals surface area (Å²) in [5.41, 5.74) is 0.105. The van der Waals surface area contributed by atoms with E-state index in [-0.39, 0.29) is 5.69 Å². The van der Waals surface area contributed by atoms with Crippen LogP contribution in [0.15, 0.2) is 5.38 Å². The fourth-order valence-electron chi connectivity index (χ4n) is 1.38. The zero-order valence-corrected chi connectivity index (χ0v) is 11.4. The molecule has 0 bridgehead atoms. The van der Waals surface area contributed by atoms with Gasteiger partial charge in [-0.05, 0) is 0 Å². The molecule has 0 atom stereocenters. The van der Waals surface area contributed by atoms with Crippen LogP contribution in [0, 0.1) is 0 Å². The van der Waals surface area contributed by atoms with Gasteiger partial charge in [-0.2, -0.15) is 0 Å². The number of rotatable bonds is 9. The molecular weight excluding hydrogens is 256 g/mol. The molecule has 1 N–H and O–H groups in total. The Balaban J connectivity index is 2.54. The van der Waals surface area contributed by atoms with Gasteiger partial charge in [0, 0.05) is 32.7 Å². The zero-order chi connectivity index (χ0) is 13.4. The first-order valence-electron chi connectivity index (χ1n) is 5.55. The maximum atomic E-state index is 10.7. The van der Waals surface area contributed by atoms with Crippen LogP contribution in [-0.2, 0) is 16.0 Å². The van der Waals surface area contributed by atoms with Gasteiger partial charge in [-0.15, -0.1) is 11.3 Å². The number of carboxylic acid groups (broad SMARTS) is 1. The Hall–Kier alpha value is -1.02. The third-order valence-corrected chi connectivity index (χ3v) is 3.19. The van der Waals surface area contributed by atoms with Gasteiger partial charge in [0.05, 0.1) is 19.8 Å². The minimum atomic E-state index is -0.988. The van der Waals surface area contributed by atoms with Crippen LogP contribution in [0.3, 0.4) is 0 Å². The van der Waals surface area contributed by atoms with Crippen molar-refractivity contribution in [2.75, 3.05) is 40.5 Å². The third kappa shape index (κ3) is 5.09. The molecule has 0 aliphatic carbocycles. The molecule has 0 amide bonds. The monoisotopic (exact) mass is 274 g/mol. The third-order valence-electron chi connectivity index (χ3n) is 2.35. The van der Waals surface area contributed by atoms with Crippen molar-refractivity contribution >= 4 is 17.3 Å². The number of hydrogen-bond donors (Lipinski definition) is 1. The largest absolute Gasteiger partial charge is 0.476 e. The predicted molar refractivity (Wildman–Crippen MR) is 68.1 cm³/mol. The van der Waals surface area contributed by atoms with Crippen molar-refractivity contribution in [3.8, 4) is 0 Å². The lowest BCUT2D eigenvalue weighted by Crippen LogP contribution is -2.30. The Morgan fingerprint density at radius 2 is 2.00 bits per heavy atom. The average Bonchev–Trinajstić information content (AvgIpc) is 2.81. The number of carbonyl (C=O) groups is 1. The maximum Gasteiger partial charge on any atom is 0.355 e. The second-order valence-corrected chi connectivity index (χ2v) is 4.64. The van der Waals surface area contributed by atoms with Gasteiger partial charge in [-0.1, -0.05) is 0 Å². The van der Waals surface area contributed by atoms with Gasteiger partial charge in [0.25, 0.3) is 0 Å². The van der Waals surface area contributed by atoms with E-state index in [9.17, 15) is 4.79 Å². The Bertz CT molecular complexity index is 362. The lowest BCUT2D eigenvalue weighted by Gasteiger charge is -2.20. The van der Waals surface area contributed by atoms with Crippen molar-refractivity contribution < 1.29 is 19.4 Å². The van der Waals surface area contributed by atoms with E-state index in [0.29, 0.717) is 19.8 Å². The van der Waals surface area contributed by atoms with Crippen molar-refractivity contribution in [1.29, 1.82) is 0 Å². The van der Waals surface area contributed by atoms with Crippen LogP contribution in [-0.4, -0.2) is 61.5 Å². The van der Waals surface area contributed by atoms with Crippen molar-refractivity contribution in [1.82, 2.24) is 9.88 Å². The first-order valence-corrected chi connectivity index (χ1v) is 6.43. The number of carboxylic acids is 1. The summed E-state index contributed by atoms with van der Waals surface area (Å²) < 4.78 is 10.1. The molecule has 1 rings (SSSR count). The lowest BCUT2D eigenvalue weighted by molar-refractivity contribution is 0.0690. The summed E-state index contributed by atoms with van der Waals surface area (Å²) in [7, 11) is 3.31. The highest BCUT2D eigenvalue weighted by molar-refractivity contribution is 7.09. The normalized spacial score (nSPS) is 11.1. The minimum absolute atomic E-state index is 0.105. The Morgan fingerprint density at radius 1 is 1.39 bits per heavy atom. The molecule has 1 aromatic rings. The van der Waals surface area contributed by atoms with Gasteiger partial charge in [0.15, 0.2) is 5.69 Å². The molecule has 0 saturated heterocycles. The second kappa shape index (κ2) is 8.15. The van der Waals surface area contributed by atoms with Crippen LogP contribution in [0.25, 0.3) is 0 Å². The van der Waals surface area contributed by atoms with Crippen LogP contribution in [0.1, 0.15) is 15.5 Å². The fraction of sp³-hybridized carbons (Fsp3) is 0.636. The molecule has 0 radical (unpaired) electrons. The van der Waals surface area contributed by atoms with Gasteiger partial charge in [-0.3, -0.25) is 4.90 Å². The maximum absolute atomic E-state index is 10.7. The van der Waals surface area contributed by atoms with Crippen LogP contribution in [0.5, 0.6) is 0 Å². The SMILES string of the molecule is COCCN(CCOC)Cc1nc(C(=O)O)cs1. The van der Waals surface area contributed by atoms with E-state index in [1.54, 1.807) is 19.6 Å². The molecule has 0 aliphatic rings. The van der Waals surface area contributed by atoms with E-state index in [1.807, 2.05) is 0 Å². The summed E-state index contributed by atoms with van der Waals surface area (Å²) >= 11 is 1.36. The van der Waals surface area contributed by atoms with Crippen LogP contribution >= 0.6 is 11.3 Å². The highest BCUT2D eigenvalue weighted by Crippen LogP contribution is 2.12. The Labute approximate surface area is 110 Å². The molecule has 0 unspecified atom stereocenters. The molecule has 7 heteroatoms. The van der Waals surface area contributed by atoms with E-state index >= 15 is 0 Å². The molecule has 0 aromatic carbocycles. The number of ether oxygens (including phenoxy) is 2. The van der Waals surface area contributed by atoms with Crippen LogP contribution in [0.4, 0.5) is 0 Å². The van der Waals surface area contributed by atoms with Crippen molar-refractivity contribution in [2.45, 2.75) is 6.54 Å². The number of aromatic carboxylic acids is 1. The molecule has 0 aliphatic heterocycles. The molecule has 0 fully saturated rings. The van der Waals surface area contributed by atoms with Crippen LogP contribution in [0.2, 0.25) is 0 Å². The average molecular weight is 274 g/mol. The topological polar surface area (TPSA) is 71.9 Å². The minimum Gasteiger partial charge on any atom is -0.476 e. The number of methoxy groups -OCH3 is 2. The van der Waals surface area contributed by atoms with Crippen molar-refractivity contribution in [2.24, 2.45) is 0 Å². The molecule has 0 spiro atoms. The summed E-state index contributed by atoms with van der Waals surface area (Å²) in [5, 5.41) is 11.2. The van der Waals surface area contributed by atoms with Crippen LogP contribution < -0.4 is 0 Å². The molecule has 0 saturated carbocycles. The summed E-state index contributed by atoms with van der Waals surface area (Å²) in [5.74, 6) is -0.988. The highest BCUT2D eigenvalue weighted by Gasteiger charge is 2.12. The Morgan fingerprint density at radius 3 is 2.44 bits per heavy atom. The number of nitrogens with zero attached hydrogens (tertiary/aromatic N) is 2. The summed E-state index contributed by atoms with van der Waals surface area (Å²) in [6.45, 7) is 3.40. The fourth-order valence-corrected chi connectivity index (χ4v) is 2.19. The summed E-state index contributed by atoms with van der Waals surface area (Å²) in [6.07, 6.45) is 0. The molecular formula is C11H18N2O4S. The molecule has 102 valence electrons. The van der Waals surface area contributed by atoms with E-state index in [0.717, 1.165) is 18.1 Å².